The summed E-state index contributed by atoms with van der Waals surface area (Å²) in [5.41, 5.74) is 14.6. The van der Waals surface area contributed by atoms with E-state index in [0.29, 0.717) is 10.6 Å². The summed E-state index contributed by atoms with van der Waals surface area (Å²) in [7, 11) is 1.62. The lowest BCUT2D eigenvalue weighted by Gasteiger charge is -2.12. The Kier molecular flexibility index (Phi) is 6.13. The monoisotopic (exact) mass is 412 g/mol. The Morgan fingerprint density at radius 1 is 1.11 bits per heavy atom. The molecule has 0 saturated heterocycles. The van der Waals surface area contributed by atoms with E-state index in [1.54, 1.807) is 13.2 Å². The zero-order valence-electron chi connectivity index (χ0n) is 15.4. The van der Waals surface area contributed by atoms with Crippen molar-refractivity contribution in [2.24, 2.45) is 0 Å². The number of para-hydroxylation sites is 1. The number of hydrogen-bond donors (Lipinski definition) is 4. The number of hydrazine groups is 1. The molecule has 1 heterocycles. The molecule has 0 atom stereocenters. The lowest BCUT2D eigenvalue weighted by atomic mass is 10.2. The Morgan fingerprint density at radius 3 is 2.50 bits per heavy atom. The maximum atomic E-state index is 12.5. The topological polar surface area (TPSA) is 88.4 Å². The standard InChI is InChI=1S/C20H20N4O2S2/c1-12-5-3-4-6-16(12)22-20(27)24-23-19(25)18-15(21)11-17(28-18)13-7-9-14(26-2)10-8-13/h3-11H,21H2,1-2H3,(H,23,25)(H2,22,24,27). The molecule has 144 valence electrons. The maximum absolute atomic E-state index is 12.5. The molecule has 8 heteroatoms. The van der Waals surface area contributed by atoms with Gasteiger partial charge in [0.25, 0.3) is 5.91 Å². The highest BCUT2D eigenvalue weighted by Gasteiger charge is 2.16. The molecule has 0 saturated carbocycles. The molecule has 28 heavy (non-hydrogen) atoms. The fraction of sp³-hybridized carbons (Fsp3) is 0.100. The summed E-state index contributed by atoms with van der Waals surface area (Å²) in [4.78, 5) is 13.8. The minimum Gasteiger partial charge on any atom is -0.497 e. The van der Waals surface area contributed by atoms with Gasteiger partial charge in [-0.25, -0.2) is 0 Å². The van der Waals surface area contributed by atoms with Crippen molar-refractivity contribution >= 4 is 45.9 Å². The quantitative estimate of drug-likeness (QED) is 0.383. The van der Waals surface area contributed by atoms with E-state index in [2.05, 4.69) is 16.2 Å². The molecular weight excluding hydrogens is 392 g/mol. The molecule has 0 spiro atoms. The lowest BCUT2D eigenvalue weighted by Crippen LogP contribution is -2.43. The molecule has 0 unspecified atom stereocenters. The number of amides is 1. The van der Waals surface area contributed by atoms with Crippen molar-refractivity contribution in [1.29, 1.82) is 0 Å². The van der Waals surface area contributed by atoms with Crippen molar-refractivity contribution in [3.63, 3.8) is 0 Å². The highest BCUT2D eigenvalue weighted by molar-refractivity contribution is 7.80. The first-order valence-electron chi connectivity index (χ1n) is 8.44. The number of carbonyl (C=O) groups excluding carboxylic acids is 1. The van der Waals surface area contributed by atoms with Gasteiger partial charge in [-0.1, -0.05) is 18.2 Å². The van der Waals surface area contributed by atoms with Crippen molar-refractivity contribution in [2.75, 3.05) is 18.2 Å². The third kappa shape index (κ3) is 4.59. The van der Waals surface area contributed by atoms with E-state index in [-0.39, 0.29) is 11.0 Å². The Hall–Kier alpha value is -3.10. The van der Waals surface area contributed by atoms with Gasteiger partial charge in [0.15, 0.2) is 5.11 Å². The normalized spacial score (nSPS) is 10.2. The van der Waals surface area contributed by atoms with Gasteiger partial charge in [0.1, 0.15) is 10.6 Å². The van der Waals surface area contributed by atoms with E-state index in [0.717, 1.165) is 27.4 Å². The minimum atomic E-state index is -0.351. The highest BCUT2D eigenvalue weighted by atomic mass is 32.1. The Balaban J connectivity index is 1.63. The Bertz CT molecular complexity index is 1000. The molecule has 0 bridgehead atoms. The van der Waals surface area contributed by atoms with E-state index in [9.17, 15) is 4.79 Å². The average Bonchev–Trinajstić information content (AvgIpc) is 3.10. The van der Waals surface area contributed by atoms with Crippen LogP contribution in [-0.4, -0.2) is 18.1 Å². The largest absolute Gasteiger partial charge is 0.497 e. The summed E-state index contributed by atoms with van der Waals surface area (Å²) in [6.07, 6.45) is 0. The number of hydrogen-bond acceptors (Lipinski definition) is 5. The number of carbonyl (C=O) groups is 1. The van der Waals surface area contributed by atoms with Crippen LogP contribution in [0.3, 0.4) is 0 Å². The molecule has 1 aromatic heterocycles. The SMILES string of the molecule is COc1ccc(-c2cc(N)c(C(=O)NNC(=S)Nc3ccccc3C)s2)cc1. The number of ether oxygens (including phenoxy) is 1. The van der Waals surface area contributed by atoms with Gasteiger partial charge in [0, 0.05) is 10.6 Å². The first kappa shape index (κ1) is 19.7. The van der Waals surface area contributed by atoms with Gasteiger partial charge in [-0.2, -0.15) is 0 Å². The van der Waals surface area contributed by atoms with Crippen LogP contribution in [0.25, 0.3) is 10.4 Å². The van der Waals surface area contributed by atoms with Gasteiger partial charge >= 0.3 is 0 Å². The van der Waals surface area contributed by atoms with Crippen LogP contribution in [0, 0.1) is 6.92 Å². The zero-order valence-corrected chi connectivity index (χ0v) is 17.0. The van der Waals surface area contributed by atoms with Crippen LogP contribution in [0.4, 0.5) is 11.4 Å². The zero-order chi connectivity index (χ0) is 20.1. The number of thiocarbonyl (C=S) groups is 1. The van der Waals surface area contributed by atoms with Crippen LogP contribution in [0.1, 0.15) is 15.2 Å². The summed E-state index contributed by atoms with van der Waals surface area (Å²) in [5.74, 6) is 0.418. The third-order valence-electron chi connectivity index (χ3n) is 4.02. The van der Waals surface area contributed by atoms with E-state index in [1.165, 1.54) is 11.3 Å². The van der Waals surface area contributed by atoms with Crippen molar-refractivity contribution in [2.45, 2.75) is 6.92 Å². The van der Waals surface area contributed by atoms with Crippen LogP contribution in [0.2, 0.25) is 0 Å². The van der Waals surface area contributed by atoms with Gasteiger partial charge < -0.3 is 15.8 Å². The first-order chi connectivity index (χ1) is 13.5. The number of nitrogens with one attached hydrogen (secondary N) is 3. The highest BCUT2D eigenvalue weighted by Crippen LogP contribution is 2.33. The van der Waals surface area contributed by atoms with Gasteiger partial charge in [-0.3, -0.25) is 15.6 Å². The Labute approximate surface area is 172 Å². The number of benzene rings is 2. The van der Waals surface area contributed by atoms with E-state index >= 15 is 0 Å². The number of aryl methyl sites for hydroxylation is 1. The average molecular weight is 413 g/mol. The molecule has 6 nitrogen and oxygen atoms in total. The van der Waals surface area contributed by atoms with Gasteiger partial charge in [0.05, 0.1) is 12.8 Å². The van der Waals surface area contributed by atoms with E-state index in [4.69, 9.17) is 22.7 Å². The smallest absolute Gasteiger partial charge is 0.281 e. The summed E-state index contributed by atoms with van der Waals surface area (Å²) in [6, 6.07) is 17.1. The molecule has 0 aliphatic carbocycles. The fourth-order valence-corrected chi connectivity index (χ4v) is 3.66. The van der Waals surface area contributed by atoms with Crippen LogP contribution in [0.5, 0.6) is 5.75 Å². The molecular formula is C20H20N4O2S2. The second-order valence-electron chi connectivity index (χ2n) is 5.97. The number of methoxy groups -OCH3 is 1. The van der Waals surface area contributed by atoms with Gasteiger partial charge in [0.2, 0.25) is 0 Å². The maximum Gasteiger partial charge on any atom is 0.281 e. The molecule has 5 N–H and O–H groups in total. The number of nitrogens with two attached hydrogens (primary N) is 1. The van der Waals surface area contributed by atoms with Gasteiger partial charge in [-0.05, 0) is 66.7 Å². The first-order valence-corrected chi connectivity index (χ1v) is 9.67. The summed E-state index contributed by atoms with van der Waals surface area (Å²) >= 11 is 6.54. The van der Waals surface area contributed by atoms with Crippen molar-refractivity contribution in [3.05, 3.63) is 65.0 Å². The van der Waals surface area contributed by atoms with Gasteiger partial charge in [-0.15, -0.1) is 11.3 Å². The van der Waals surface area contributed by atoms with Crippen LogP contribution >= 0.6 is 23.6 Å². The molecule has 0 radical (unpaired) electrons. The summed E-state index contributed by atoms with van der Waals surface area (Å²) < 4.78 is 5.16. The molecule has 1 amide bonds. The number of nitrogen functional groups attached to an aromatic ring is 1. The predicted octanol–water partition coefficient (Wildman–Crippen LogP) is 3.95. The van der Waals surface area contributed by atoms with Crippen molar-refractivity contribution < 1.29 is 9.53 Å². The van der Waals surface area contributed by atoms with E-state index in [1.807, 2.05) is 55.5 Å². The van der Waals surface area contributed by atoms with Crippen LogP contribution in [0.15, 0.2) is 54.6 Å². The number of rotatable bonds is 4. The molecule has 3 aromatic rings. The van der Waals surface area contributed by atoms with Crippen molar-refractivity contribution in [3.8, 4) is 16.2 Å². The van der Waals surface area contributed by atoms with Crippen molar-refractivity contribution in [1.82, 2.24) is 10.9 Å². The Morgan fingerprint density at radius 2 is 1.82 bits per heavy atom. The third-order valence-corrected chi connectivity index (χ3v) is 5.43. The predicted molar refractivity (Wildman–Crippen MR) is 119 cm³/mol. The summed E-state index contributed by atoms with van der Waals surface area (Å²) in [5, 5.41) is 3.32. The van der Waals surface area contributed by atoms with Crippen LogP contribution in [-0.2, 0) is 0 Å². The number of thiophene rings is 1. The second-order valence-corrected chi connectivity index (χ2v) is 7.43. The number of anilines is 2. The molecule has 2 aromatic carbocycles. The fourth-order valence-electron chi connectivity index (χ4n) is 2.52. The molecule has 0 aliphatic heterocycles. The summed E-state index contributed by atoms with van der Waals surface area (Å²) in [6.45, 7) is 1.97. The molecule has 3 rings (SSSR count). The van der Waals surface area contributed by atoms with E-state index < -0.39 is 0 Å². The molecule has 0 fully saturated rings. The molecule has 0 aliphatic rings. The van der Waals surface area contributed by atoms with Crippen LogP contribution < -0.4 is 26.6 Å². The minimum absolute atomic E-state index is 0.285. The lowest BCUT2D eigenvalue weighted by molar-refractivity contribution is 0.0949. The second kappa shape index (κ2) is 8.73.